The van der Waals surface area contributed by atoms with E-state index in [0.717, 1.165) is 11.9 Å². The fraction of sp³-hybridized carbons (Fsp3) is 0.500. The van der Waals surface area contributed by atoms with Gasteiger partial charge in [-0.2, -0.15) is 8.42 Å². The molecule has 1 fully saturated rings. The number of anilines is 1. The number of carbonyl (C=O) groups excluding carboxylic acids is 1. The maximum atomic E-state index is 11.6. The third-order valence-corrected chi connectivity index (χ3v) is 3.56. The van der Waals surface area contributed by atoms with Crippen molar-refractivity contribution < 1.29 is 17.4 Å². The fourth-order valence-electron chi connectivity index (χ4n) is 2.15. The van der Waals surface area contributed by atoms with Crippen LogP contribution in [0.4, 0.5) is 5.69 Å². The molecule has 0 unspecified atom stereocenters. The Hall–Kier alpha value is -1.63. The summed E-state index contributed by atoms with van der Waals surface area (Å²) in [6.07, 6.45) is 5.52. The van der Waals surface area contributed by atoms with E-state index in [2.05, 4.69) is 14.1 Å². The van der Waals surface area contributed by atoms with Crippen LogP contribution in [-0.4, -0.2) is 38.7 Å². The normalized spacial score (nSPS) is 17.2. The summed E-state index contributed by atoms with van der Waals surface area (Å²) >= 11 is 0. The van der Waals surface area contributed by atoms with E-state index in [-0.39, 0.29) is 5.92 Å². The van der Waals surface area contributed by atoms with Gasteiger partial charge in [-0.25, -0.2) is 0 Å². The van der Waals surface area contributed by atoms with Crippen molar-refractivity contribution in [3.8, 4) is 0 Å². The van der Waals surface area contributed by atoms with Gasteiger partial charge in [0.05, 0.1) is 12.2 Å². The van der Waals surface area contributed by atoms with E-state index in [1.807, 2.05) is 12.1 Å². The number of carbonyl (C=O) groups is 1. The first-order chi connectivity index (χ1) is 8.96. The van der Waals surface area contributed by atoms with Crippen molar-refractivity contribution in [1.82, 2.24) is 4.98 Å². The molecule has 19 heavy (non-hydrogen) atoms. The highest BCUT2D eigenvalue weighted by molar-refractivity contribution is 7.86. The van der Waals surface area contributed by atoms with E-state index >= 15 is 0 Å². The highest BCUT2D eigenvalue weighted by atomic mass is 32.2. The van der Waals surface area contributed by atoms with Gasteiger partial charge in [0, 0.05) is 31.2 Å². The number of aromatic nitrogens is 1. The summed E-state index contributed by atoms with van der Waals surface area (Å²) in [6.45, 7) is 1.40. The van der Waals surface area contributed by atoms with Crippen LogP contribution in [0.15, 0.2) is 24.5 Å². The molecule has 1 aromatic heterocycles. The minimum absolute atomic E-state index is 0.340. The Balaban J connectivity index is 1.91. The molecule has 0 aliphatic carbocycles. The number of rotatable bonds is 3. The minimum atomic E-state index is -3.71. The minimum Gasteiger partial charge on any atom is -0.371 e. The molecule has 104 valence electrons. The number of hydrogen-bond donors (Lipinski definition) is 0. The Morgan fingerprint density at radius 2 is 1.89 bits per heavy atom. The lowest BCUT2D eigenvalue weighted by Crippen LogP contribution is -2.37. The third kappa shape index (κ3) is 3.92. The van der Waals surface area contributed by atoms with Crippen molar-refractivity contribution in [3.63, 3.8) is 0 Å². The van der Waals surface area contributed by atoms with E-state index in [4.69, 9.17) is 0 Å². The van der Waals surface area contributed by atoms with Crippen molar-refractivity contribution >= 4 is 21.8 Å². The summed E-state index contributed by atoms with van der Waals surface area (Å²) in [5.41, 5.74) is 1.06. The molecular weight excluding hydrogens is 268 g/mol. The van der Waals surface area contributed by atoms with Crippen LogP contribution in [0.5, 0.6) is 0 Å². The van der Waals surface area contributed by atoms with Crippen LogP contribution >= 0.6 is 0 Å². The molecule has 0 atom stereocenters. The second-order valence-electron chi connectivity index (χ2n) is 4.57. The summed E-state index contributed by atoms with van der Waals surface area (Å²) in [5, 5.41) is 0. The van der Waals surface area contributed by atoms with Gasteiger partial charge in [0.15, 0.2) is 0 Å². The molecule has 6 nitrogen and oxygen atoms in total. The molecule has 0 spiro atoms. The molecule has 0 saturated carbocycles. The van der Waals surface area contributed by atoms with Gasteiger partial charge in [0.2, 0.25) is 0 Å². The molecule has 1 aliphatic heterocycles. The Bertz CT molecular complexity index is 536. The van der Waals surface area contributed by atoms with Crippen LogP contribution in [0, 0.1) is 5.92 Å². The van der Waals surface area contributed by atoms with Crippen molar-refractivity contribution in [2.24, 2.45) is 5.92 Å². The van der Waals surface area contributed by atoms with E-state index in [1.54, 1.807) is 12.4 Å². The SMILES string of the molecule is CS(=O)(=O)OC(=O)C1CCN(c2ccncc2)CC1. The number of hydrogen-bond acceptors (Lipinski definition) is 6. The fourth-order valence-corrected chi connectivity index (χ4v) is 2.58. The molecule has 7 heteroatoms. The van der Waals surface area contributed by atoms with Crippen molar-refractivity contribution in [1.29, 1.82) is 0 Å². The molecule has 2 rings (SSSR count). The average Bonchev–Trinajstić information content (AvgIpc) is 2.38. The molecular formula is C12H16N2O4S. The predicted octanol–water partition coefficient (Wildman–Crippen LogP) is 0.801. The van der Waals surface area contributed by atoms with Crippen LogP contribution in [-0.2, 0) is 19.1 Å². The number of piperidine rings is 1. The number of nitrogens with zero attached hydrogens (tertiary/aromatic N) is 2. The quantitative estimate of drug-likeness (QED) is 0.764. The van der Waals surface area contributed by atoms with Gasteiger partial charge in [0.25, 0.3) is 0 Å². The highest BCUT2D eigenvalue weighted by Crippen LogP contribution is 2.23. The summed E-state index contributed by atoms with van der Waals surface area (Å²) in [7, 11) is -3.71. The Morgan fingerprint density at radius 1 is 1.32 bits per heavy atom. The maximum absolute atomic E-state index is 11.6. The zero-order valence-corrected chi connectivity index (χ0v) is 11.5. The zero-order valence-electron chi connectivity index (χ0n) is 10.7. The molecule has 1 saturated heterocycles. The molecule has 0 bridgehead atoms. The lowest BCUT2D eigenvalue weighted by molar-refractivity contribution is -0.138. The summed E-state index contributed by atoms with van der Waals surface area (Å²) in [6, 6.07) is 3.82. The van der Waals surface area contributed by atoms with Gasteiger partial charge < -0.3 is 9.08 Å². The molecule has 0 radical (unpaired) electrons. The highest BCUT2D eigenvalue weighted by Gasteiger charge is 2.28. The van der Waals surface area contributed by atoms with Crippen molar-refractivity contribution in [2.75, 3.05) is 24.2 Å². The Kier molecular flexibility index (Phi) is 4.04. The predicted molar refractivity (Wildman–Crippen MR) is 70.1 cm³/mol. The lowest BCUT2D eigenvalue weighted by Gasteiger charge is -2.32. The maximum Gasteiger partial charge on any atom is 0.325 e. The summed E-state index contributed by atoms with van der Waals surface area (Å²) in [4.78, 5) is 17.7. The lowest BCUT2D eigenvalue weighted by atomic mass is 9.97. The largest absolute Gasteiger partial charge is 0.371 e. The Morgan fingerprint density at radius 3 is 2.42 bits per heavy atom. The van der Waals surface area contributed by atoms with Gasteiger partial charge >= 0.3 is 16.1 Å². The van der Waals surface area contributed by atoms with Gasteiger partial charge in [-0.05, 0) is 25.0 Å². The first kappa shape index (κ1) is 13.8. The van der Waals surface area contributed by atoms with Crippen LogP contribution in [0.25, 0.3) is 0 Å². The van der Waals surface area contributed by atoms with E-state index in [9.17, 15) is 13.2 Å². The number of pyridine rings is 1. The zero-order chi connectivity index (χ0) is 13.9. The summed E-state index contributed by atoms with van der Waals surface area (Å²) in [5.74, 6) is -0.982. The van der Waals surface area contributed by atoms with Crippen molar-refractivity contribution in [2.45, 2.75) is 12.8 Å². The van der Waals surface area contributed by atoms with Crippen LogP contribution < -0.4 is 4.90 Å². The molecule has 0 amide bonds. The summed E-state index contributed by atoms with van der Waals surface area (Å²) < 4.78 is 26.2. The first-order valence-corrected chi connectivity index (χ1v) is 7.85. The first-order valence-electron chi connectivity index (χ1n) is 6.04. The average molecular weight is 284 g/mol. The second kappa shape index (κ2) is 5.56. The van der Waals surface area contributed by atoms with Crippen molar-refractivity contribution in [3.05, 3.63) is 24.5 Å². The molecule has 0 aromatic carbocycles. The van der Waals surface area contributed by atoms with E-state index in [1.165, 1.54) is 0 Å². The van der Waals surface area contributed by atoms with E-state index < -0.39 is 16.1 Å². The molecule has 0 N–H and O–H groups in total. The topological polar surface area (TPSA) is 76.6 Å². The second-order valence-corrected chi connectivity index (χ2v) is 6.15. The molecule has 1 aliphatic rings. The van der Waals surface area contributed by atoms with Crippen LogP contribution in [0.2, 0.25) is 0 Å². The van der Waals surface area contributed by atoms with Gasteiger partial charge in [-0.3, -0.25) is 9.78 Å². The monoisotopic (exact) mass is 284 g/mol. The third-order valence-electron chi connectivity index (χ3n) is 3.09. The van der Waals surface area contributed by atoms with Crippen LogP contribution in [0.1, 0.15) is 12.8 Å². The van der Waals surface area contributed by atoms with Gasteiger partial charge in [-0.15, -0.1) is 0 Å². The van der Waals surface area contributed by atoms with Gasteiger partial charge in [0.1, 0.15) is 0 Å². The Labute approximate surface area is 112 Å². The molecule has 1 aromatic rings. The van der Waals surface area contributed by atoms with E-state index in [0.29, 0.717) is 25.9 Å². The smallest absolute Gasteiger partial charge is 0.325 e. The van der Waals surface area contributed by atoms with Gasteiger partial charge in [-0.1, -0.05) is 0 Å². The molecule has 2 heterocycles. The van der Waals surface area contributed by atoms with Crippen LogP contribution in [0.3, 0.4) is 0 Å². The standard InChI is InChI=1S/C12H16N2O4S/c1-19(16,17)18-12(15)10-4-8-14(9-5-10)11-2-6-13-7-3-11/h2-3,6-7,10H,4-5,8-9H2,1H3.